The first-order chi connectivity index (χ1) is 11.0. The van der Waals surface area contributed by atoms with E-state index >= 15 is 0 Å². The molecule has 5 heteroatoms. The molecule has 2 aromatic carbocycles. The minimum atomic E-state index is -0.0894. The second-order valence-electron chi connectivity index (χ2n) is 5.30. The number of nitrogens with one attached hydrogen (secondary N) is 2. The fourth-order valence-electron chi connectivity index (χ4n) is 1.94. The van der Waals surface area contributed by atoms with Gasteiger partial charge in [0.1, 0.15) is 12.1 Å². The smallest absolute Gasteiger partial charge is 0.226 e. The van der Waals surface area contributed by atoms with E-state index in [0.29, 0.717) is 22.5 Å². The summed E-state index contributed by atoms with van der Waals surface area (Å²) >= 11 is 0. The van der Waals surface area contributed by atoms with Gasteiger partial charge in [0.05, 0.1) is 16.8 Å². The van der Waals surface area contributed by atoms with E-state index in [0.717, 1.165) is 5.69 Å². The molecule has 2 rings (SSSR count). The highest BCUT2D eigenvalue weighted by Crippen LogP contribution is 2.25. The van der Waals surface area contributed by atoms with Gasteiger partial charge in [-0.3, -0.25) is 4.79 Å². The molecule has 0 unspecified atom stereocenters. The molecule has 2 aromatic rings. The average Bonchev–Trinajstić information content (AvgIpc) is 2.56. The Hall–Kier alpha value is -3.31. The van der Waals surface area contributed by atoms with Crippen molar-refractivity contribution in [1.29, 1.82) is 10.5 Å². The molecule has 1 amide bonds. The molecule has 0 saturated heterocycles. The van der Waals surface area contributed by atoms with Gasteiger partial charge in [0.25, 0.3) is 0 Å². The predicted octanol–water partition coefficient (Wildman–Crippen LogP) is 3.77. The zero-order valence-corrected chi connectivity index (χ0v) is 12.9. The molecule has 0 aromatic heterocycles. The monoisotopic (exact) mass is 304 g/mol. The normalized spacial score (nSPS) is 9.78. The van der Waals surface area contributed by atoms with Crippen molar-refractivity contribution in [1.82, 2.24) is 0 Å². The molecule has 23 heavy (non-hydrogen) atoms. The van der Waals surface area contributed by atoms with E-state index in [1.165, 1.54) is 0 Å². The first kappa shape index (κ1) is 16.1. The highest BCUT2D eigenvalue weighted by atomic mass is 16.1. The van der Waals surface area contributed by atoms with Gasteiger partial charge in [-0.1, -0.05) is 19.9 Å². The molecule has 0 aliphatic carbocycles. The van der Waals surface area contributed by atoms with Crippen LogP contribution in [-0.4, -0.2) is 5.91 Å². The molecule has 0 radical (unpaired) electrons. The largest absolute Gasteiger partial charge is 0.353 e. The van der Waals surface area contributed by atoms with Crippen LogP contribution in [0.1, 0.15) is 25.0 Å². The van der Waals surface area contributed by atoms with Crippen LogP contribution in [0.4, 0.5) is 17.1 Å². The summed E-state index contributed by atoms with van der Waals surface area (Å²) in [6, 6.07) is 16.2. The van der Waals surface area contributed by atoms with E-state index in [1.54, 1.807) is 42.5 Å². The number of hydrogen-bond donors (Lipinski definition) is 2. The van der Waals surface area contributed by atoms with Crippen molar-refractivity contribution in [3.63, 3.8) is 0 Å². The van der Waals surface area contributed by atoms with Crippen LogP contribution in [0.2, 0.25) is 0 Å². The van der Waals surface area contributed by atoms with E-state index in [9.17, 15) is 4.79 Å². The average molecular weight is 304 g/mol. The molecule has 0 atom stereocenters. The van der Waals surface area contributed by atoms with Gasteiger partial charge in [-0.05, 0) is 36.4 Å². The minimum absolute atomic E-state index is 0.0488. The molecular formula is C18H16N4O. The Bertz CT molecular complexity index is 763. The molecule has 0 aliphatic rings. The third-order valence-corrected chi connectivity index (χ3v) is 3.25. The number of nitrogens with zero attached hydrogens (tertiary/aromatic N) is 2. The predicted molar refractivity (Wildman–Crippen MR) is 89.1 cm³/mol. The van der Waals surface area contributed by atoms with Gasteiger partial charge in [-0.2, -0.15) is 10.5 Å². The number of benzene rings is 2. The first-order valence-electron chi connectivity index (χ1n) is 7.16. The SMILES string of the molecule is CC(C)C(=O)Nc1ccc(Nc2c(C#N)cccc2C#N)cc1. The van der Waals surface area contributed by atoms with Crippen molar-refractivity contribution in [3.05, 3.63) is 53.6 Å². The Morgan fingerprint density at radius 3 is 1.96 bits per heavy atom. The van der Waals surface area contributed by atoms with Crippen molar-refractivity contribution < 1.29 is 4.79 Å². The fraction of sp³-hybridized carbons (Fsp3) is 0.167. The Morgan fingerprint density at radius 1 is 0.957 bits per heavy atom. The third kappa shape index (κ3) is 3.87. The second kappa shape index (κ2) is 7.11. The lowest BCUT2D eigenvalue weighted by Crippen LogP contribution is -2.17. The van der Waals surface area contributed by atoms with Crippen LogP contribution in [-0.2, 0) is 4.79 Å². The Balaban J connectivity index is 2.21. The number of carbonyl (C=O) groups is 1. The Morgan fingerprint density at radius 2 is 1.48 bits per heavy atom. The van der Waals surface area contributed by atoms with Gasteiger partial charge in [-0.15, -0.1) is 0 Å². The third-order valence-electron chi connectivity index (χ3n) is 3.25. The number of para-hydroxylation sites is 1. The fourth-order valence-corrected chi connectivity index (χ4v) is 1.94. The number of hydrogen-bond acceptors (Lipinski definition) is 4. The van der Waals surface area contributed by atoms with Crippen LogP contribution in [0.5, 0.6) is 0 Å². The van der Waals surface area contributed by atoms with Crippen LogP contribution < -0.4 is 10.6 Å². The van der Waals surface area contributed by atoms with Crippen molar-refractivity contribution >= 4 is 23.0 Å². The zero-order chi connectivity index (χ0) is 16.8. The summed E-state index contributed by atoms with van der Waals surface area (Å²) < 4.78 is 0. The van der Waals surface area contributed by atoms with E-state index in [2.05, 4.69) is 22.8 Å². The molecule has 0 spiro atoms. The summed E-state index contributed by atoms with van der Waals surface area (Å²) in [6.07, 6.45) is 0. The topological polar surface area (TPSA) is 88.7 Å². The van der Waals surface area contributed by atoms with Crippen molar-refractivity contribution in [2.24, 2.45) is 5.92 Å². The summed E-state index contributed by atoms with van der Waals surface area (Å²) in [5.74, 6) is -0.138. The standard InChI is InChI=1S/C18H16N4O/c1-12(2)18(23)22-16-8-6-15(7-9-16)21-17-13(10-19)4-3-5-14(17)11-20/h3-9,12,21H,1-2H3,(H,22,23). The van der Waals surface area contributed by atoms with Gasteiger partial charge >= 0.3 is 0 Å². The Labute approximate surface area is 135 Å². The molecule has 0 heterocycles. The molecule has 5 nitrogen and oxygen atoms in total. The Kier molecular flexibility index (Phi) is 4.96. The van der Waals surface area contributed by atoms with Crippen LogP contribution in [0, 0.1) is 28.6 Å². The number of carbonyl (C=O) groups excluding carboxylic acids is 1. The molecule has 2 N–H and O–H groups in total. The lowest BCUT2D eigenvalue weighted by Gasteiger charge is -2.11. The van der Waals surface area contributed by atoms with Gasteiger partial charge in [0.15, 0.2) is 0 Å². The molecule has 0 aliphatic heterocycles. The summed E-state index contributed by atoms with van der Waals surface area (Å²) in [5, 5.41) is 24.2. The lowest BCUT2D eigenvalue weighted by atomic mass is 10.1. The van der Waals surface area contributed by atoms with E-state index in [-0.39, 0.29) is 11.8 Å². The van der Waals surface area contributed by atoms with E-state index in [1.807, 2.05) is 13.8 Å². The van der Waals surface area contributed by atoms with Crippen molar-refractivity contribution in [3.8, 4) is 12.1 Å². The number of amides is 1. The molecule has 114 valence electrons. The van der Waals surface area contributed by atoms with Crippen LogP contribution in [0.15, 0.2) is 42.5 Å². The quantitative estimate of drug-likeness (QED) is 0.899. The lowest BCUT2D eigenvalue weighted by molar-refractivity contribution is -0.118. The molecular weight excluding hydrogens is 288 g/mol. The van der Waals surface area contributed by atoms with Gasteiger partial charge in [0.2, 0.25) is 5.91 Å². The van der Waals surface area contributed by atoms with Crippen LogP contribution >= 0.6 is 0 Å². The summed E-state index contributed by atoms with van der Waals surface area (Å²) in [5.41, 5.74) is 2.72. The molecule has 0 bridgehead atoms. The molecule has 0 fully saturated rings. The van der Waals surface area contributed by atoms with E-state index in [4.69, 9.17) is 10.5 Å². The second-order valence-corrected chi connectivity index (χ2v) is 5.30. The zero-order valence-electron chi connectivity index (χ0n) is 12.9. The highest BCUT2D eigenvalue weighted by Gasteiger charge is 2.09. The number of anilines is 3. The molecule has 0 saturated carbocycles. The maximum atomic E-state index is 11.7. The maximum Gasteiger partial charge on any atom is 0.226 e. The van der Waals surface area contributed by atoms with Crippen molar-refractivity contribution in [2.75, 3.05) is 10.6 Å². The van der Waals surface area contributed by atoms with Crippen molar-refractivity contribution in [2.45, 2.75) is 13.8 Å². The number of rotatable bonds is 4. The van der Waals surface area contributed by atoms with Gasteiger partial charge in [-0.25, -0.2) is 0 Å². The highest BCUT2D eigenvalue weighted by molar-refractivity contribution is 5.92. The minimum Gasteiger partial charge on any atom is -0.353 e. The van der Waals surface area contributed by atoms with Gasteiger partial charge in [0, 0.05) is 17.3 Å². The maximum absolute atomic E-state index is 11.7. The van der Waals surface area contributed by atoms with Crippen LogP contribution in [0.3, 0.4) is 0 Å². The summed E-state index contributed by atoms with van der Waals surface area (Å²) in [7, 11) is 0. The summed E-state index contributed by atoms with van der Waals surface area (Å²) in [6.45, 7) is 3.65. The van der Waals surface area contributed by atoms with E-state index < -0.39 is 0 Å². The number of nitriles is 2. The van der Waals surface area contributed by atoms with Gasteiger partial charge < -0.3 is 10.6 Å². The first-order valence-corrected chi connectivity index (χ1v) is 7.16. The summed E-state index contributed by atoms with van der Waals surface area (Å²) in [4.78, 5) is 11.7. The van der Waals surface area contributed by atoms with Crippen LogP contribution in [0.25, 0.3) is 0 Å².